The van der Waals surface area contributed by atoms with Crippen LogP contribution in [0, 0.1) is 0 Å². The number of aromatic carboxylic acids is 1. The maximum absolute atomic E-state index is 12.4. The summed E-state index contributed by atoms with van der Waals surface area (Å²) in [6.45, 7) is 0. The van der Waals surface area contributed by atoms with Gasteiger partial charge >= 0.3 is 12.1 Å². The number of halogens is 3. The molecule has 2 heterocycles. The van der Waals surface area contributed by atoms with Gasteiger partial charge in [-0.05, 0) is 24.3 Å². The third-order valence-electron chi connectivity index (χ3n) is 2.22. The number of pyridine rings is 2. The fourth-order valence-electron chi connectivity index (χ4n) is 1.31. The first-order valence-electron chi connectivity index (χ1n) is 5.28. The molecule has 0 saturated heterocycles. The predicted octanol–water partition coefficient (Wildman–Crippen LogP) is 3.34. The third kappa shape index (κ3) is 3.47. The molecule has 0 aliphatic carbocycles. The summed E-state index contributed by atoms with van der Waals surface area (Å²) in [4.78, 5) is 18.3. The molecule has 0 bridgehead atoms. The minimum absolute atomic E-state index is 0.137. The Kier molecular flexibility index (Phi) is 3.93. The summed E-state index contributed by atoms with van der Waals surface area (Å²) < 4.78 is 37.1. The highest BCUT2D eigenvalue weighted by Gasteiger charge is 2.30. The Bertz CT molecular complexity index is 629. The zero-order valence-electron chi connectivity index (χ0n) is 9.76. The first-order chi connectivity index (χ1) is 9.36. The van der Waals surface area contributed by atoms with Gasteiger partial charge in [-0.15, -0.1) is 0 Å². The number of nitrogens with zero attached hydrogens (tertiary/aromatic N) is 2. The Labute approximate surface area is 115 Å². The summed E-state index contributed by atoms with van der Waals surface area (Å²) >= 11 is 0.986. The molecule has 0 fully saturated rings. The summed E-state index contributed by atoms with van der Waals surface area (Å²) in [7, 11) is 0. The summed E-state index contributed by atoms with van der Waals surface area (Å²) in [6, 6.07) is 6.50. The number of rotatable bonds is 3. The van der Waals surface area contributed by atoms with Crippen molar-refractivity contribution in [3.05, 3.63) is 47.8 Å². The molecule has 2 rings (SSSR count). The van der Waals surface area contributed by atoms with Crippen LogP contribution in [0.25, 0.3) is 0 Å². The van der Waals surface area contributed by atoms with Crippen LogP contribution >= 0.6 is 11.8 Å². The monoisotopic (exact) mass is 300 g/mol. The van der Waals surface area contributed by atoms with E-state index in [1.54, 1.807) is 6.07 Å². The highest BCUT2D eigenvalue weighted by molar-refractivity contribution is 7.99. The fraction of sp³-hybridized carbons (Fsp3) is 0.0833. The first-order valence-corrected chi connectivity index (χ1v) is 6.09. The van der Waals surface area contributed by atoms with Gasteiger partial charge in [0.2, 0.25) is 0 Å². The molecule has 1 N–H and O–H groups in total. The van der Waals surface area contributed by atoms with Gasteiger partial charge < -0.3 is 5.11 Å². The largest absolute Gasteiger partial charge is 0.477 e. The van der Waals surface area contributed by atoms with Gasteiger partial charge in [-0.1, -0.05) is 17.8 Å². The Hall–Kier alpha value is -2.09. The van der Waals surface area contributed by atoms with E-state index in [9.17, 15) is 18.0 Å². The highest BCUT2D eigenvalue weighted by atomic mass is 32.2. The normalized spacial score (nSPS) is 11.3. The van der Waals surface area contributed by atoms with E-state index >= 15 is 0 Å². The van der Waals surface area contributed by atoms with Gasteiger partial charge in [-0.3, -0.25) is 0 Å². The minimum Gasteiger partial charge on any atom is -0.477 e. The van der Waals surface area contributed by atoms with E-state index in [1.807, 2.05) is 0 Å². The van der Waals surface area contributed by atoms with Gasteiger partial charge in [0.25, 0.3) is 0 Å². The summed E-state index contributed by atoms with van der Waals surface area (Å²) in [5, 5.41) is 9.43. The van der Waals surface area contributed by atoms with Crippen LogP contribution in [0.3, 0.4) is 0 Å². The molecule has 0 aliphatic heterocycles. The number of carbonyl (C=O) groups is 1. The molecule has 4 nitrogen and oxygen atoms in total. The second kappa shape index (κ2) is 5.49. The SMILES string of the molecule is O=C(O)c1cccc(Sc2ccc(C(F)(F)F)cn2)n1. The molecule has 0 atom stereocenters. The summed E-state index contributed by atoms with van der Waals surface area (Å²) in [5.74, 6) is -1.17. The zero-order chi connectivity index (χ0) is 14.8. The van der Waals surface area contributed by atoms with Gasteiger partial charge in [0, 0.05) is 6.20 Å². The number of alkyl halides is 3. The molecule has 8 heteroatoms. The molecule has 0 radical (unpaired) electrons. The van der Waals surface area contributed by atoms with Crippen LogP contribution in [-0.4, -0.2) is 21.0 Å². The lowest BCUT2D eigenvalue weighted by Gasteiger charge is -2.06. The van der Waals surface area contributed by atoms with E-state index in [-0.39, 0.29) is 5.69 Å². The second-order valence-electron chi connectivity index (χ2n) is 3.65. The van der Waals surface area contributed by atoms with E-state index < -0.39 is 17.7 Å². The van der Waals surface area contributed by atoms with Crippen LogP contribution in [0.1, 0.15) is 16.1 Å². The number of hydrogen-bond acceptors (Lipinski definition) is 4. The van der Waals surface area contributed by atoms with Crippen LogP contribution in [-0.2, 0) is 6.18 Å². The third-order valence-corrected chi connectivity index (χ3v) is 3.10. The standard InChI is InChI=1S/C12H7F3N2O2S/c13-12(14,15)7-4-5-9(16-6-7)20-10-3-1-2-8(17-10)11(18)19/h1-6H,(H,18,19). The van der Waals surface area contributed by atoms with Crippen LogP contribution < -0.4 is 0 Å². The molecular weight excluding hydrogens is 293 g/mol. The summed E-state index contributed by atoms with van der Waals surface area (Å²) in [5.41, 5.74) is -0.976. The minimum atomic E-state index is -4.43. The Morgan fingerprint density at radius 2 is 1.90 bits per heavy atom. The van der Waals surface area contributed by atoms with Crippen LogP contribution in [0.15, 0.2) is 46.6 Å². The van der Waals surface area contributed by atoms with Gasteiger partial charge in [-0.25, -0.2) is 14.8 Å². The van der Waals surface area contributed by atoms with Crippen molar-refractivity contribution in [2.75, 3.05) is 0 Å². The molecule has 20 heavy (non-hydrogen) atoms. The van der Waals surface area contributed by atoms with E-state index in [4.69, 9.17) is 5.11 Å². The van der Waals surface area contributed by atoms with Crippen molar-refractivity contribution in [3.8, 4) is 0 Å². The van der Waals surface area contributed by atoms with Crippen molar-refractivity contribution in [1.82, 2.24) is 9.97 Å². The number of hydrogen-bond donors (Lipinski definition) is 1. The van der Waals surface area contributed by atoms with Crippen molar-refractivity contribution in [2.24, 2.45) is 0 Å². The molecule has 0 amide bonds. The molecule has 0 saturated carbocycles. The van der Waals surface area contributed by atoms with E-state index in [0.29, 0.717) is 10.1 Å². The quantitative estimate of drug-likeness (QED) is 0.942. The second-order valence-corrected chi connectivity index (χ2v) is 4.69. The van der Waals surface area contributed by atoms with E-state index in [2.05, 4.69) is 9.97 Å². The lowest BCUT2D eigenvalue weighted by atomic mass is 10.3. The van der Waals surface area contributed by atoms with Crippen LogP contribution in [0.2, 0.25) is 0 Å². The van der Waals surface area contributed by atoms with Crippen LogP contribution in [0.4, 0.5) is 13.2 Å². The number of aromatic nitrogens is 2. The molecular formula is C12H7F3N2O2S. The van der Waals surface area contributed by atoms with E-state index in [0.717, 1.165) is 24.0 Å². The van der Waals surface area contributed by atoms with Crippen molar-refractivity contribution in [2.45, 2.75) is 16.2 Å². The van der Waals surface area contributed by atoms with Gasteiger partial charge in [-0.2, -0.15) is 13.2 Å². The molecule has 0 aliphatic rings. The average Bonchev–Trinajstić information content (AvgIpc) is 2.38. The molecule has 2 aromatic rings. The maximum atomic E-state index is 12.4. The molecule has 104 valence electrons. The van der Waals surface area contributed by atoms with Gasteiger partial charge in [0.05, 0.1) is 5.56 Å². The Balaban J connectivity index is 2.18. The Morgan fingerprint density at radius 1 is 1.15 bits per heavy atom. The molecule has 0 aromatic carbocycles. The molecule has 0 unspecified atom stereocenters. The predicted molar refractivity (Wildman–Crippen MR) is 64.6 cm³/mol. The highest BCUT2D eigenvalue weighted by Crippen LogP contribution is 2.30. The zero-order valence-corrected chi connectivity index (χ0v) is 10.6. The average molecular weight is 300 g/mol. The van der Waals surface area contributed by atoms with Crippen molar-refractivity contribution in [1.29, 1.82) is 0 Å². The fourth-order valence-corrected chi connectivity index (χ4v) is 2.05. The topological polar surface area (TPSA) is 63.1 Å². The number of carboxylic acids is 1. The first kappa shape index (κ1) is 14.3. The van der Waals surface area contributed by atoms with Crippen molar-refractivity contribution in [3.63, 3.8) is 0 Å². The van der Waals surface area contributed by atoms with E-state index in [1.165, 1.54) is 18.2 Å². The van der Waals surface area contributed by atoms with Gasteiger partial charge in [0.15, 0.2) is 0 Å². The van der Waals surface area contributed by atoms with Crippen molar-refractivity contribution < 1.29 is 23.1 Å². The Morgan fingerprint density at radius 3 is 2.45 bits per heavy atom. The van der Waals surface area contributed by atoms with Crippen LogP contribution in [0.5, 0.6) is 0 Å². The smallest absolute Gasteiger partial charge is 0.417 e. The summed E-state index contributed by atoms with van der Waals surface area (Å²) in [6.07, 6.45) is -3.71. The molecule has 0 spiro atoms. The molecule has 2 aromatic heterocycles. The lowest BCUT2D eigenvalue weighted by Crippen LogP contribution is -2.05. The van der Waals surface area contributed by atoms with Crippen molar-refractivity contribution >= 4 is 17.7 Å². The lowest BCUT2D eigenvalue weighted by molar-refractivity contribution is -0.137. The maximum Gasteiger partial charge on any atom is 0.417 e. The number of carboxylic acid groups (broad SMARTS) is 1. The van der Waals surface area contributed by atoms with Gasteiger partial charge in [0.1, 0.15) is 15.7 Å².